The van der Waals surface area contributed by atoms with E-state index in [1.807, 2.05) is 0 Å². The van der Waals surface area contributed by atoms with E-state index in [1.165, 1.54) is 0 Å². The minimum atomic E-state index is -2.56. The van der Waals surface area contributed by atoms with Crippen LogP contribution >= 0.6 is 11.6 Å². The van der Waals surface area contributed by atoms with Crippen molar-refractivity contribution in [3.63, 3.8) is 0 Å². The van der Waals surface area contributed by atoms with Crippen LogP contribution in [-0.2, 0) is 5.88 Å². The zero-order valence-corrected chi connectivity index (χ0v) is 11.5. The Morgan fingerprint density at radius 2 is 2.05 bits per heavy atom. The van der Waals surface area contributed by atoms with E-state index in [9.17, 15) is 8.78 Å². The lowest BCUT2D eigenvalue weighted by molar-refractivity contribution is -0.0417. The summed E-state index contributed by atoms with van der Waals surface area (Å²) in [6.07, 6.45) is 5.19. The van der Waals surface area contributed by atoms with E-state index in [2.05, 4.69) is 9.97 Å². The fraction of sp³-hybridized carbons (Fsp3) is 0.714. The Morgan fingerprint density at radius 3 is 2.68 bits per heavy atom. The van der Waals surface area contributed by atoms with Gasteiger partial charge < -0.3 is 0 Å². The van der Waals surface area contributed by atoms with Gasteiger partial charge in [-0.3, -0.25) is 0 Å². The van der Waals surface area contributed by atoms with Gasteiger partial charge in [-0.15, -0.1) is 11.6 Å². The highest BCUT2D eigenvalue weighted by Crippen LogP contribution is 2.43. The van der Waals surface area contributed by atoms with Crippen molar-refractivity contribution in [1.82, 2.24) is 9.97 Å². The predicted octanol–water partition coefficient (Wildman–Crippen LogP) is 4.39. The number of hydrogen-bond donors (Lipinski definition) is 0. The predicted molar refractivity (Wildman–Crippen MR) is 69.7 cm³/mol. The van der Waals surface area contributed by atoms with Crippen LogP contribution in [0.25, 0.3) is 0 Å². The molecule has 19 heavy (non-hydrogen) atoms. The Bertz CT molecular complexity index is 475. The lowest BCUT2D eigenvalue weighted by atomic mass is 9.86. The minimum absolute atomic E-state index is 0.00124. The third kappa shape index (κ3) is 2.88. The molecule has 1 atom stereocenters. The second-order valence-corrected chi connectivity index (χ2v) is 5.96. The van der Waals surface area contributed by atoms with Crippen molar-refractivity contribution in [2.24, 2.45) is 0 Å². The van der Waals surface area contributed by atoms with Crippen molar-refractivity contribution in [1.29, 1.82) is 0 Å². The highest BCUT2D eigenvalue weighted by atomic mass is 35.5. The van der Waals surface area contributed by atoms with E-state index in [4.69, 9.17) is 11.6 Å². The van der Waals surface area contributed by atoms with Crippen LogP contribution in [0.4, 0.5) is 8.78 Å². The van der Waals surface area contributed by atoms with Gasteiger partial charge in [0.15, 0.2) is 0 Å². The summed E-state index contributed by atoms with van der Waals surface area (Å²) in [6.45, 7) is 0. The second kappa shape index (κ2) is 4.97. The molecule has 0 N–H and O–H groups in total. The third-order valence-corrected chi connectivity index (χ3v) is 4.32. The quantitative estimate of drug-likeness (QED) is 0.770. The van der Waals surface area contributed by atoms with Crippen molar-refractivity contribution in [3.8, 4) is 0 Å². The van der Waals surface area contributed by atoms with Gasteiger partial charge in [0.2, 0.25) is 5.92 Å². The Kier molecular flexibility index (Phi) is 3.46. The van der Waals surface area contributed by atoms with Crippen LogP contribution in [0.1, 0.15) is 67.4 Å². The van der Waals surface area contributed by atoms with Crippen LogP contribution in [0.5, 0.6) is 0 Å². The lowest BCUT2D eigenvalue weighted by Crippen LogP contribution is -2.26. The molecular formula is C14H17ClF2N2. The van der Waals surface area contributed by atoms with E-state index in [1.54, 1.807) is 6.20 Å². The molecule has 1 unspecified atom stereocenters. The zero-order valence-electron chi connectivity index (χ0n) is 10.7. The normalized spacial score (nSPS) is 26.4. The van der Waals surface area contributed by atoms with Crippen LogP contribution in [0.3, 0.4) is 0 Å². The largest absolute Gasteiger partial charge is 0.248 e. The van der Waals surface area contributed by atoms with Crippen LogP contribution in [0.2, 0.25) is 0 Å². The van der Waals surface area contributed by atoms with Crippen LogP contribution in [-0.4, -0.2) is 15.9 Å². The molecule has 0 aromatic carbocycles. The summed E-state index contributed by atoms with van der Waals surface area (Å²) in [5.74, 6) is -1.30. The first-order valence-electron chi connectivity index (χ1n) is 6.88. The van der Waals surface area contributed by atoms with Gasteiger partial charge in [-0.2, -0.15) is 0 Å². The zero-order chi connectivity index (χ0) is 13.5. The lowest BCUT2D eigenvalue weighted by Gasteiger charge is -2.28. The molecule has 1 aromatic heterocycles. The summed E-state index contributed by atoms with van der Waals surface area (Å²) in [5, 5.41) is 0. The maximum Gasteiger partial charge on any atom is 0.248 e. The van der Waals surface area contributed by atoms with Gasteiger partial charge in [0.25, 0.3) is 0 Å². The van der Waals surface area contributed by atoms with Crippen molar-refractivity contribution < 1.29 is 8.78 Å². The summed E-state index contributed by atoms with van der Waals surface area (Å²) < 4.78 is 27.0. The van der Waals surface area contributed by atoms with Crippen LogP contribution in [0.15, 0.2) is 6.20 Å². The van der Waals surface area contributed by atoms with E-state index >= 15 is 0 Å². The molecule has 2 saturated carbocycles. The topological polar surface area (TPSA) is 25.8 Å². The first-order chi connectivity index (χ1) is 9.09. The number of aromatic nitrogens is 2. The Morgan fingerprint density at radius 1 is 1.26 bits per heavy atom. The fourth-order valence-corrected chi connectivity index (χ4v) is 3.04. The monoisotopic (exact) mass is 286 g/mol. The van der Waals surface area contributed by atoms with Gasteiger partial charge in [-0.05, 0) is 25.7 Å². The summed E-state index contributed by atoms with van der Waals surface area (Å²) in [5.41, 5.74) is 1.95. The highest BCUT2D eigenvalue weighted by molar-refractivity contribution is 6.17. The average molecular weight is 287 g/mol. The molecule has 104 valence electrons. The van der Waals surface area contributed by atoms with Crippen molar-refractivity contribution in [2.75, 3.05) is 0 Å². The highest BCUT2D eigenvalue weighted by Gasteiger charge is 2.38. The maximum atomic E-state index is 13.5. The van der Waals surface area contributed by atoms with Crippen molar-refractivity contribution in [3.05, 3.63) is 23.3 Å². The molecule has 0 amide bonds. The molecule has 0 spiro atoms. The molecule has 0 aliphatic heterocycles. The standard InChI is InChI=1S/C14H17ClF2N2/c15-7-11-8-18-13(19-12(11)9-3-4-9)10-2-1-5-14(16,17)6-10/h8-10H,1-7H2. The number of hydrogen-bond acceptors (Lipinski definition) is 2. The fourth-order valence-electron chi connectivity index (χ4n) is 2.84. The minimum Gasteiger partial charge on any atom is -0.241 e. The third-order valence-electron chi connectivity index (χ3n) is 4.03. The molecule has 5 heteroatoms. The summed E-state index contributed by atoms with van der Waals surface area (Å²) >= 11 is 5.89. The Labute approximate surface area is 116 Å². The van der Waals surface area contributed by atoms with Gasteiger partial charge in [0, 0.05) is 36.4 Å². The average Bonchev–Trinajstić information content (AvgIpc) is 3.21. The molecule has 2 aliphatic rings. The molecule has 2 nitrogen and oxygen atoms in total. The molecule has 2 aliphatic carbocycles. The van der Waals surface area contributed by atoms with Gasteiger partial charge in [-0.1, -0.05) is 0 Å². The SMILES string of the molecule is FC1(F)CCCC(c2ncc(CCl)c(C3CC3)n2)C1. The van der Waals surface area contributed by atoms with Gasteiger partial charge in [-0.25, -0.2) is 18.7 Å². The second-order valence-electron chi connectivity index (χ2n) is 5.70. The molecule has 3 rings (SSSR count). The van der Waals surface area contributed by atoms with Gasteiger partial charge >= 0.3 is 0 Å². The van der Waals surface area contributed by atoms with Crippen molar-refractivity contribution in [2.45, 2.75) is 62.2 Å². The van der Waals surface area contributed by atoms with Crippen LogP contribution < -0.4 is 0 Å². The van der Waals surface area contributed by atoms with E-state index < -0.39 is 5.92 Å². The Balaban J connectivity index is 1.86. The molecule has 1 heterocycles. The first kappa shape index (κ1) is 13.2. The smallest absolute Gasteiger partial charge is 0.241 e. The maximum absolute atomic E-state index is 13.5. The van der Waals surface area contributed by atoms with Crippen LogP contribution in [0, 0.1) is 0 Å². The van der Waals surface area contributed by atoms with Gasteiger partial charge in [0.05, 0.1) is 11.6 Å². The summed E-state index contributed by atoms with van der Waals surface area (Å²) in [6, 6.07) is 0. The molecule has 0 saturated heterocycles. The van der Waals surface area contributed by atoms with E-state index in [0.29, 0.717) is 24.0 Å². The molecule has 0 radical (unpaired) electrons. The van der Waals surface area contributed by atoms with E-state index in [0.717, 1.165) is 30.5 Å². The first-order valence-corrected chi connectivity index (χ1v) is 7.42. The summed E-state index contributed by atoms with van der Waals surface area (Å²) in [4.78, 5) is 8.85. The molecule has 0 bridgehead atoms. The van der Waals surface area contributed by atoms with Gasteiger partial charge in [0.1, 0.15) is 5.82 Å². The number of rotatable bonds is 3. The summed E-state index contributed by atoms with van der Waals surface area (Å²) in [7, 11) is 0. The number of nitrogens with zero attached hydrogens (tertiary/aromatic N) is 2. The number of halogens is 3. The van der Waals surface area contributed by atoms with E-state index in [-0.39, 0.29) is 18.8 Å². The Hall–Kier alpha value is -0.770. The number of alkyl halides is 3. The molecule has 1 aromatic rings. The molecular weight excluding hydrogens is 270 g/mol. The van der Waals surface area contributed by atoms with Crippen molar-refractivity contribution >= 4 is 11.6 Å². The molecule has 2 fully saturated rings.